The van der Waals surface area contributed by atoms with Crippen LogP contribution in [0.15, 0.2) is 60.7 Å². The van der Waals surface area contributed by atoms with Gasteiger partial charge in [-0.25, -0.2) is 0 Å². The molecule has 1 aliphatic carbocycles. The third kappa shape index (κ3) is 4.95. The maximum Gasteiger partial charge on any atom is 0.261 e. The van der Waals surface area contributed by atoms with Crippen molar-refractivity contribution in [3.8, 4) is 5.75 Å². The lowest BCUT2D eigenvalue weighted by molar-refractivity contribution is -0.117. The number of nitrogens with one attached hydrogen (secondary N) is 2. The van der Waals surface area contributed by atoms with Gasteiger partial charge < -0.3 is 15.4 Å². The average Bonchev–Trinajstić information content (AvgIpc) is 3.72. The number of ether oxygens (including phenoxy) is 1. The van der Waals surface area contributed by atoms with Gasteiger partial charge in [0, 0.05) is 17.3 Å². The van der Waals surface area contributed by atoms with E-state index in [4.69, 9.17) is 4.74 Å². The first-order chi connectivity index (χ1) is 17.9. The Bertz CT molecular complexity index is 1390. The minimum absolute atomic E-state index is 0.0133. The lowest BCUT2D eigenvalue weighted by Gasteiger charge is -2.17. The van der Waals surface area contributed by atoms with E-state index in [0.717, 1.165) is 18.4 Å². The monoisotopic (exact) mass is 497 g/mol. The zero-order valence-corrected chi connectivity index (χ0v) is 20.7. The number of fused-ring (bicyclic) bond motifs is 1. The highest BCUT2D eigenvalue weighted by molar-refractivity contribution is 6.21. The maximum atomic E-state index is 13.4. The fourth-order valence-corrected chi connectivity index (χ4v) is 4.31. The van der Waals surface area contributed by atoms with Crippen molar-refractivity contribution in [2.45, 2.75) is 33.2 Å². The van der Waals surface area contributed by atoms with E-state index in [2.05, 4.69) is 10.6 Å². The Hall–Kier alpha value is -4.46. The third-order valence-corrected chi connectivity index (χ3v) is 6.51. The Balaban J connectivity index is 1.38. The smallest absolute Gasteiger partial charge is 0.261 e. The molecule has 1 fully saturated rings. The number of nitrogens with zero attached hydrogens (tertiary/aromatic N) is 1. The summed E-state index contributed by atoms with van der Waals surface area (Å²) in [4.78, 5) is 52.3. The number of benzene rings is 3. The summed E-state index contributed by atoms with van der Waals surface area (Å²) in [5.41, 5.74) is 3.65. The summed E-state index contributed by atoms with van der Waals surface area (Å²) in [7, 11) is 0. The molecule has 5 rings (SSSR count). The van der Waals surface area contributed by atoms with Crippen LogP contribution in [0.1, 0.15) is 62.0 Å². The van der Waals surface area contributed by atoms with E-state index < -0.39 is 5.91 Å². The van der Waals surface area contributed by atoms with Gasteiger partial charge in [-0.3, -0.25) is 24.1 Å². The fourth-order valence-electron chi connectivity index (χ4n) is 4.31. The molecule has 3 aromatic carbocycles. The number of carbonyl (C=O) groups is 4. The number of anilines is 2. The molecule has 2 aliphatic rings. The summed E-state index contributed by atoms with van der Waals surface area (Å²) in [6.45, 7) is 4.08. The van der Waals surface area contributed by atoms with Gasteiger partial charge in [0.25, 0.3) is 17.7 Å². The number of imide groups is 1. The highest BCUT2D eigenvalue weighted by Crippen LogP contribution is 2.31. The zero-order valence-electron chi connectivity index (χ0n) is 20.7. The molecule has 1 heterocycles. The van der Waals surface area contributed by atoms with Gasteiger partial charge in [0.2, 0.25) is 5.91 Å². The molecule has 0 bridgehead atoms. The molecule has 0 atom stereocenters. The van der Waals surface area contributed by atoms with Crippen molar-refractivity contribution in [1.29, 1.82) is 0 Å². The summed E-state index contributed by atoms with van der Waals surface area (Å²) in [6.07, 6.45) is 1.80. The van der Waals surface area contributed by atoms with E-state index in [1.165, 1.54) is 4.90 Å². The lowest BCUT2D eigenvalue weighted by Crippen LogP contribution is -2.29. The van der Waals surface area contributed by atoms with Gasteiger partial charge in [-0.05, 0) is 74.2 Å². The van der Waals surface area contributed by atoms with Crippen molar-refractivity contribution in [3.63, 3.8) is 0 Å². The Morgan fingerprint density at radius 3 is 2.30 bits per heavy atom. The van der Waals surface area contributed by atoms with Crippen LogP contribution in [0.4, 0.5) is 11.4 Å². The molecule has 37 heavy (non-hydrogen) atoms. The molecule has 1 aliphatic heterocycles. The third-order valence-electron chi connectivity index (χ3n) is 6.51. The molecule has 0 saturated heterocycles. The molecule has 188 valence electrons. The van der Waals surface area contributed by atoms with Gasteiger partial charge in [-0.15, -0.1) is 0 Å². The van der Waals surface area contributed by atoms with Crippen molar-refractivity contribution in [2.24, 2.45) is 5.92 Å². The molecule has 4 amide bonds. The van der Waals surface area contributed by atoms with Crippen LogP contribution in [0.25, 0.3) is 0 Å². The second-order valence-electron chi connectivity index (χ2n) is 9.25. The first-order valence-electron chi connectivity index (χ1n) is 12.3. The van der Waals surface area contributed by atoms with E-state index in [9.17, 15) is 19.2 Å². The highest BCUT2D eigenvalue weighted by atomic mass is 16.5. The molecule has 0 spiro atoms. The minimum Gasteiger partial charge on any atom is -0.493 e. The van der Waals surface area contributed by atoms with Crippen LogP contribution in [0.5, 0.6) is 5.75 Å². The minimum atomic E-state index is -0.401. The number of rotatable bonds is 8. The number of aryl methyl sites for hydroxylation is 1. The van der Waals surface area contributed by atoms with Crippen LogP contribution in [-0.2, 0) is 11.3 Å². The van der Waals surface area contributed by atoms with Crippen LogP contribution in [-0.4, -0.2) is 35.1 Å². The fraction of sp³-hybridized carbons (Fsp3) is 0.241. The van der Waals surface area contributed by atoms with Crippen LogP contribution in [0, 0.1) is 12.8 Å². The number of amides is 4. The summed E-state index contributed by atoms with van der Waals surface area (Å²) >= 11 is 0. The van der Waals surface area contributed by atoms with E-state index in [-0.39, 0.29) is 35.7 Å². The molecular weight excluding hydrogens is 470 g/mol. The summed E-state index contributed by atoms with van der Waals surface area (Å²) < 4.78 is 5.69. The second-order valence-corrected chi connectivity index (χ2v) is 9.25. The number of carbonyl (C=O) groups excluding carboxylic acids is 4. The standard InChI is InChI=1S/C29H27N3O5/c1-3-37-25-13-9-18(16-32-28(35)21-6-4-5-7-22(21)29(32)36)14-23(25)27(34)31-24-15-20(12-8-17(24)2)30-26(33)19-10-11-19/h4-9,12-15,19H,3,10-11,16H2,1-2H3,(H,30,33)(H,31,34). The van der Waals surface area contributed by atoms with Crippen molar-refractivity contribution >= 4 is 35.0 Å². The maximum absolute atomic E-state index is 13.4. The van der Waals surface area contributed by atoms with Crippen molar-refractivity contribution < 1.29 is 23.9 Å². The molecule has 0 aromatic heterocycles. The average molecular weight is 498 g/mol. The first kappa shape index (κ1) is 24.2. The Morgan fingerprint density at radius 1 is 0.946 bits per heavy atom. The highest BCUT2D eigenvalue weighted by Gasteiger charge is 2.35. The molecule has 3 aromatic rings. The number of hydrogen-bond donors (Lipinski definition) is 2. The molecule has 1 saturated carbocycles. The van der Waals surface area contributed by atoms with Crippen LogP contribution < -0.4 is 15.4 Å². The predicted octanol–water partition coefficient (Wildman–Crippen LogP) is 4.79. The SMILES string of the molecule is CCOc1ccc(CN2C(=O)c3ccccc3C2=O)cc1C(=O)Nc1cc(NC(=O)C2CC2)ccc1C. The summed E-state index contributed by atoms with van der Waals surface area (Å²) in [5.74, 6) is -0.677. The summed E-state index contributed by atoms with van der Waals surface area (Å²) in [5, 5.41) is 5.82. The van der Waals surface area contributed by atoms with Gasteiger partial charge in [-0.2, -0.15) is 0 Å². The Labute approximate surface area is 214 Å². The van der Waals surface area contributed by atoms with E-state index in [1.54, 1.807) is 54.6 Å². The molecule has 2 N–H and O–H groups in total. The van der Waals surface area contributed by atoms with Gasteiger partial charge >= 0.3 is 0 Å². The normalized spacial score (nSPS) is 14.4. The number of hydrogen-bond acceptors (Lipinski definition) is 5. The van der Waals surface area contributed by atoms with E-state index >= 15 is 0 Å². The van der Waals surface area contributed by atoms with Crippen LogP contribution in [0.2, 0.25) is 0 Å². The Kier molecular flexibility index (Phi) is 6.48. The van der Waals surface area contributed by atoms with Crippen LogP contribution in [0.3, 0.4) is 0 Å². The van der Waals surface area contributed by atoms with Crippen molar-refractivity contribution in [2.75, 3.05) is 17.2 Å². The summed E-state index contributed by atoms with van der Waals surface area (Å²) in [6, 6.07) is 17.1. The van der Waals surface area contributed by atoms with Crippen molar-refractivity contribution in [1.82, 2.24) is 4.90 Å². The second kappa shape index (κ2) is 9.89. The zero-order chi connectivity index (χ0) is 26.1. The molecule has 8 nitrogen and oxygen atoms in total. The lowest BCUT2D eigenvalue weighted by atomic mass is 10.1. The largest absolute Gasteiger partial charge is 0.493 e. The predicted molar refractivity (Wildman–Crippen MR) is 139 cm³/mol. The molecule has 0 unspecified atom stereocenters. The topological polar surface area (TPSA) is 105 Å². The molecular formula is C29H27N3O5. The van der Waals surface area contributed by atoms with E-state index in [1.807, 2.05) is 19.9 Å². The quantitative estimate of drug-likeness (QED) is 0.436. The van der Waals surface area contributed by atoms with Gasteiger partial charge in [0.05, 0.1) is 29.8 Å². The molecule has 0 radical (unpaired) electrons. The first-order valence-corrected chi connectivity index (χ1v) is 12.3. The van der Waals surface area contributed by atoms with Gasteiger partial charge in [-0.1, -0.05) is 24.3 Å². The van der Waals surface area contributed by atoms with Crippen LogP contribution >= 0.6 is 0 Å². The van der Waals surface area contributed by atoms with Crippen molar-refractivity contribution in [3.05, 3.63) is 88.5 Å². The molecule has 8 heteroatoms. The van der Waals surface area contributed by atoms with Gasteiger partial charge in [0.15, 0.2) is 0 Å². The Morgan fingerprint density at radius 2 is 1.65 bits per heavy atom. The van der Waals surface area contributed by atoms with Gasteiger partial charge in [0.1, 0.15) is 5.75 Å². The van der Waals surface area contributed by atoms with E-state index in [0.29, 0.717) is 40.4 Å².